The molecule has 0 aromatic rings. The Morgan fingerprint density at radius 2 is 1.93 bits per heavy atom. The molecule has 0 bridgehead atoms. The van der Waals surface area contributed by atoms with Crippen LogP contribution in [0.3, 0.4) is 0 Å². The van der Waals surface area contributed by atoms with Crippen molar-refractivity contribution in [1.29, 1.82) is 0 Å². The average molecular weight is 210 g/mol. The Balaban J connectivity index is 1.97. The molecule has 0 aromatic carbocycles. The molecule has 0 amide bonds. The summed E-state index contributed by atoms with van der Waals surface area (Å²) >= 11 is 0. The molecule has 2 heteroatoms. The van der Waals surface area contributed by atoms with E-state index in [1.165, 1.54) is 38.5 Å². The van der Waals surface area contributed by atoms with Gasteiger partial charge in [0.1, 0.15) is 6.10 Å². The second-order valence-corrected chi connectivity index (χ2v) is 4.39. The summed E-state index contributed by atoms with van der Waals surface area (Å²) in [5, 5.41) is 0. The van der Waals surface area contributed by atoms with Crippen molar-refractivity contribution < 1.29 is 9.53 Å². The minimum Gasteiger partial charge on any atom is -0.459 e. The first-order chi connectivity index (χ1) is 7.24. The molecule has 0 N–H and O–H groups in total. The average Bonchev–Trinajstić information content (AvgIpc) is 2.52. The van der Waals surface area contributed by atoms with Crippen LogP contribution in [-0.4, -0.2) is 12.1 Å². The molecule has 1 rings (SSSR count). The zero-order valence-corrected chi connectivity index (χ0v) is 9.76. The number of carbonyl (C=O) groups is 1. The van der Waals surface area contributed by atoms with Crippen molar-refractivity contribution >= 4 is 5.97 Å². The Morgan fingerprint density at radius 3 is 2.53 bits per heavy atom. The predicted octanol–water partition coefficient (Wildman–Crippen LogP) is 3.61. The van der Waals surface area contributed by atoms with Gasteiger partial charge in [-0.05, 0) is 12.8 Å². The highest BCUT2D eigenvalue weighted by Crippen LogP contribution is 2.23. The molecule has 0 aliphatic carbocycles. The van der Waals surface area contributed by atoms with Crippen molar-refractivity contribution in [2.45, 2.75) is 64.4 Å². The van der Waals surface area contributed by atoms with Crippen LogP contribution in [0.1, 0.15) is 58.3 Å². The fraction of sp³-hybridized carbons (Fsp3) is 0.769. The van der Waals surface area contributed by atoms with E-state index in [1.807, 2.05) is 0 Å². The van der Waals surface area contributed by atoms with E-state index < -0.39 is 0 Å². The van der Waals surface area contributed by atoms with Gasteiger partial charge in [-0.25, -0.2) is 4.79 Å². The predicted molar refractivity (Wildman–Crippen MR) is 61.6 cm³/mol. The standard InChI is InChI=1S/C13H22O2/c1-3-4-5-6-7-8-9-12-10-11(2)13(14)15-12/h12H,2-10H2,1H3. The van der Waals surface area contributed by atoms with Crippen molar-refractivity contribution in [2.24, 2.45) is 0 Å². The Bertz CT molecular complexity index is 205. The summed E-state index contributed by atoms with van der Waals surface area (Å²) in [6, 6.07) is 0. The summed E-state index contributed by atoms with van der Waals surface area (Å²) in [5.41, 5.74) is 0.644. The Morgan fingerprint density at radius 1 is 1.27 bits per heavy atom. The van der Waals surface area contributed by atoms with Crippen LogP contribution in [0.4, 0.5) is 0 Å². The van der Waals surface area contributed by atoms with Crippen LogP contribution in [0.15, 0.2) is 12.2 Å². The van der Waals surface area contributed by atoms with Crippen LogP contribution in [0.2, 0.25) is 0 Å². The summed E-state index contributed by atoms with van der Waals surface area (Å²) < 4.78 is 5.16. The number of hydrogen-bond acceptors (Lipinski definition) is 2. The lowest BCUT2D eigenvalue weighted by atomic mass is 10.0. The summed E-state index contributed by atoms with van der Waals surface area (Å²) in [7, 11) is 0. The van der Waals surface area contributed by atoms with Crippen LogP contribution in [0, 0.1) is 0 Å². The van der Waals surface area contributed by atoms with E-state index in [4.69, 9.17) is 4.74 Å². The van der Waals surface area contributed by atoms with Crippen molar-refractivity contribution in [2.75, 3.05) is 0 Å². The highest BCUT2D eigenvalue weighted by Gasteiger charge is 2.26. The molecule has 0 aromatic heterocycles. The summed E-state index contributed by atoms with van der Waals surface area (Å²) in [4.78, 5) is 11.0. The van der Waals surface area contributed by atoms with E-state index in [-0.39, 0.29) is 12.1 Å². The lowest BCUT2D eigenvalue weighted by molar-refractivity contribution is -0.139. The van der Waals surface area contributed by atoms with Gasteiger partial charge in [-0.15, -0.1) is 0 Å². The quantitative estimate of drug-likeness (QED) is 0.364. The lowest BCUT2D eigenvalue weighted by Gasteiger charge is -2.07. The smallest absolute Gasteiger partial charge is 0.333 e. The Hall–Kier alpha value is -0.790. The third-order valence-corrected chi connectivity index (χ3v) is 2.92. The fourth-order valence-corrected chi connectivity index (χ4v) is 1.95. The van der Waals surface area contributed by atoms with Crippen LogP contribution in [0.25, 0.3) is 0 Å². The van der Waals surface area contributed by atoms with Gasteiger partial charge < -0.3 is 4.74 Å². The maximum atomic E-state index is 11.0. The molecule has 1 saturated heterocycles. The van der Waals surface area contributed by atoms with Gasteiger partial charge in [0.05, 0.1) is 0 Å². The molecule has 1 aliphatic heterocycles. The Kier molecular flexibility index (Phi) is 5.44. The topological polar surface area (TPSA) is 26.3 Å². The van der Waals surface area contributed by atoms with Gasteiger partial charge >= 0.3 is 5.97 Å². The summed E-state index contributed by atoms with van der Waals surface area (Å²) in [6.07, 6.45) is 9.61. The zero-order chi connectivity index (χ0) is 11.1. The van der Waals surface area contributed by atoms with Crippen LogP contribution >= 0.6 is 0 Å². The van der Waals surface area contributed by atoms with Crippen LogP contribution in [-0.2, 0) is 9.53 Å². The van der Waals surface area contributed by atoms with Gasteiger partial charge in [-0.2, -0.15) is 0 Å². The van der Waals surface area contributed by atoms with E-state index in [9.17, 15) is 4.79 Å². The van der Waals surface area contributed by atoms with Gasteiger partial charge in [0, 0.05) is 12.0 Å². The first kappa shape index (κ1) is 12.3. The second kappa shape index (κ2) is 6.65. The SMILES string of the molecule is C=C1CC(CCCCCCCC)OC1=O. The van der Waals surface area contributed by atoms with Crippen molar-refractivity contribution in [1.82, 2.24) is 0 Å². The molecule has 1 unspecified atom stereocenters. The first-order valence-corrected chi connectivity index (χ1v) is 6.12. The largest absolute Gasteiger partial charge is 0.459 e. The number of esters is 1. The minimum absolute atomic E-state index is 0.121. The number of unbranched alkanes of at least 4 members (excludes halogenated alkanes) is 5. The number of ether oxygens (including phenoxy) is 1. The maximum absolute atomic E-state index is 11.0. The number of carbonyl (C=O) groups excluding carboxylic acids is 1. The molecule has 0 saturated carbocycles. The molecule has 1 atom stereocenters. The highest BCUT2D eigenvalue weighted by molar-refractivity contribution is 5.89. The molecule has 0 radical (unpaired) electrons. The minimum atomic E-state index is -0.189. The van der Waals surface area contributed by atoms with Gasteiger partial charge in [-0.3, -0.25) is 0 Å². The molecule has 1 fully saturated rings. The number of rotatable bonds is 7. The summed E-state index contributed by atoms with van der Waals surface area (Å²) in [6.45, 7) is 5.91. The number of cyclic esters (lactones) is 1. The molecule has 2 nitrogen and oxygen atoms in total. The second-order valence-electron chi connectivity index (χ2n) is 4.39. The van der Waals surface area contributed by atoms with E-state index in [0.717, 1.165) is 12.8 Å². The van der Waals surface area contributed by atoms with Crippen molar-refractivity contribution in [3.05, 3.63) is 12.2 Å². The van der Waals surface area contributed by atoms with E-state index in [2.05, 4.69) is 13.5 Å². The van der Waals surface area contributed by atoms with Gasteiger partial charge in [0.25, 0.3) is 0 Å². The highest BCUT2D eigenvalue weighted by atomic mass is 16.5. The third-order valence-electron chi connectivity index (χ3n) is 2.92. The van der Waals surface area contributed by atoms with Crippen molar-refractivity contribution in [3.63, 3.8) is 0 Å². The molecule has 15 heavy (non-hydrogen) atoms. The molecular formula is C13H22O2. The molecule has 0 spiro atoms. The summed E-state index contributed by atoms with van der Waals surface area (Å²) in [5.74, 6) is -0.189. The maximum Gasteiger partial charge on any atom is 0.333 e. The van der Waals surface area contributed by atoms with Gasteiger partial charge in [0.15, 0.2) is 0 Å². The fourth-order valence-electron chi connectivity index (χ4n) is 1.95. The molecule has 1 heterocycles. The first-order valence-electron chi connectivity index (χ1n) is 6.12. The van der Waals surface area contributed by atoms with Crippen molar-refractivity contribution in [3.8, 4) is 0 Å². The van der Waals surface area contributed by atoms with Crippen LogP contribution in [0.5, 0.6) is 0 Å². The number of hydrogen-bond donors (Lipinski definition) is 0. The normalized spacial score (nSPS) is 20.7. The van der Waals surface area contributed by atoms with E-state index >= 15 is 0 Å². The third kappa shape index (κ3) is 4.50. The Labute approximate surface area is 92.7 Å². The van der Waals surface area contributed by atoms with Crippen LogP contribution < -0.4 is 0 Å². The molecule has 1 aliphatic rings. The molecule has 86 valence electrons. The monoisotopic (exact) mass is 210 g/mol. The van der Waals surface area contributed by atoms with Gasteiger partial charge in [0.2, 0.25) is 0 Å². The van der Waals surface area contributed by atoms with Gasteiger partial charge in [-0.1, -0.05) is 45.6 Å². The van der Waals surface area contributed by atoms with E-state index in [1.54, 1.807) is 0 Å². The lowest BCUT2D eigenvalue weighted by Crippen LogP contribution is -2.06. The zero-order valence-electron chi connectivity index (χ0n) is 9.76. The molecular weight excluding hydrogens is 188 g/mol. The van der Waals surface area contributed by atoms with E-state index in [0.29, 0.717) is 5.57 Å².